The van der Waals surface area contributed by atoms with E-state index < -0.39 is 36.0 Å². The van der Waals surface area contributed by atoms with Gasteiger partial charge in [0.15, 0.2) is 6.10 Å². The molecule has 1 aromatic carbocycles. The number of hydrogen-bond acceptors (Lipinski definition) is 7. The van der Waals surface area contributed by atoms with Crippen LogP contribution in [0.1, 0.15) is 69.6 Å². The first kappa shape index (κ1) is 28.9. The van der Waals surface area contributed by atoms with E-state index in [1.54, 1.807) is 6.07 Å². The van der Waals surface area contributed by atoms with Crippen LogP contribution in [-0.2, 0) is 31.9 Å². The van der Waals surface area contributed by atoms with E-state index in [1.807, 2.05) is 44.2 Å². The Hall–Kier alpha value is -2.65. The van der Waals surface area contributed by atoms with Gasteiger partial charge in [-0.25, -0.2) is 9.69 Å². The van der Waals surface area contributed by atoms with Crippen molar-refractivity contribution in [1.82, 2.24) is 4.90 Å². The summed E-state index contributed by atoms with van der Waals surface area (Å²) < 4.78 is 17.8. The molecular weight excluding hydrogens is 542 g/mol. The Morgan fingerprint density at radius 3 is 2.51 bits per heavy atom. The molecule has 1 fully saturated rings. The second-order valence-electron chi connectivity index (χ2n) is 9.73. The summed E-state index contributed by atoms with van der Waals surface area (Å²) in [5.74, 6) is -0.894. The fourth-order valence-corrected chi connectivity index (χ4v) is 5.06. The third-order valence-corrected chi connectivity index (χ3v) is 7.23. The maximum atomic E-state index is 14.0. The van der Waals surface area contributed by atoms with Gasteiger partial charge in [0.2, 0.25) is 5.91 Å². The molecule has 2 heterocycles. The average molecular weight is 579 g/mol. The number of ether oxygens (including phenoxy) is 2. The van der Waals surface area contributed by atoms with E-state index in [0.717, 1.165) is 35.7 Å². The van der Waals surface area contributed by atoms with Gasteiger partial charge < -0.3 is 19.0 Å². The van der Waals surface area contributed by atoms with E-state index in [4.69, 9.17) is 19.0 Å². The first-order chi connectivity index (χ1) is 17.7. The van der Waals surface area contributed by atoms with Crippen molar-refractivity contribution in [3.8, 4) is 0 Å². The molecule has 1 aliphatic rings. The second kappa shape index (κ2) is 13.8. The van der Waals surface area contributed by atoms with Gasteiger partial charge in [-0.1, -0.05) is 57.0 Å². The van der Waals surface area contributed by atoms with Crippen molar-refractivity contribution in [1.29, 1.82) is 0 Å². The van der Waals surface area contributed by atoms with Gasteiger partial charge in [0.25, 0.3) is 0 Å². The van der Waals surface area contributed by atoms with Crippen LogP contribution in [0, 0.1) is 11.8 Å². The highest BCUT2D eigenvalue weighted by Crippen LogP contribution is 2.37. The Morgan fingerprint density at radius 1 is 1.16 bits per heavy atom. The molecule has 0 radical (unpaired) electrons. The highest BCUT2D eigenvalue weighted by atomic mass is 79.9. The van der Waals surface area contributed by atoms with Gasteiger partial charge in [-0.2, -0.15) is 0 Å². The summed E-state index contributed by atoms with van der Waals surface area (Å²) in [5.41, 5.74) is 0.862. The van der Waals surface area contributed by atoms with E-state index >= 15 is 0 Å². The zero-order chi connectivity index (χ0) is 26.9. The van der Waals surface area contributed by atoms with Crippen molar-refractivity contribution in [3.05, 3.63) is 58.0 Å². The van der Waals surface area contributed by atoms with Gasteiger partial charge >= 0.3 is 12.1 Å². The fraction of sp³-hybridized carbons (Fsp3) is 0.536. The third kappa shape index (κ3) is 7.68. The summed E-state index contributed by atoms with van der Waals surface area (Å²) >= 11 is 3.55. The quantitative estimate of drug-likeness (QED) is 0.244. The summed E-state index contributed by atoms with van der Waals surface area (Å²) in [6.07, 6.45) is 2.67. The predicted octanol–water partition coefficient (Wildman–Crippen LogP) is 5.60. The predicted molar refractivity (Wildman–Crippen MR) is 141 cm³/mol. The molecular formula is C28H36BrNO7. The third-order valence-electron chi connectivity index (χ3n) is 6.56. The Kier molecular flexibility index (Phi) is 10.8. The largest absolute Gasteiger partial charge is 0.461 e. The van der Waals surface area contributed by atoms with E-state index in [2.05, 4.69) is 15.9 Å². The number of halogens is 1. The van der Waals surface area contributed by atoms with E-state index in [1.165, 1.54) is 11.8 Å². The number of rotatable bonds is 13. The highest BCUT2D eigenvalue weighted by Gasteiger charge is 2.46. The van der Waals surface area contributed by atoms with E-state index in [0.29, 0.717) is 17.9 Å². The van der Waals surface area contributed by atoms with Crippen LogP contribution in [0.25, 0.3) is 0 Å². The van der Waals surface area contributed by atoms with Crippen molar-refractivity contribution in [2.75, 3.05) is 13.2 Å². The van der Waals surface area contributed by atoms with Crippen LogP contribution in [0.15, 0.2) is 45.3 Å². The number of hydrogen-bond donors (Lipinski definition) is 1. The first-order valence-electron chi connectivity index (χ1n) is 12.8. The molecule has 0 spiro atoms. The van der Waals surface area contributed by atoms with Crippen molar-refractivity contribution < 1.29 is 33.4 Å². The molecule has 0 bridgehead atoms. The molecule has 8 nitrogen and oxygen atoms in total. The SMILES string of the molecule is CC(=O)O[C@@H](c1cc(Br)c(CCCCCCO)o1)[C@H](Cc1ccccc1)C(=O)N1C(=O)OC[C@H]1C(C)C. The normalized spacial score (nSPS) is 17.1. The number of amides is 2. The Morgan fingerprint density at radius 2 is 1.86 bits per heavy atom. The highest BCUT2D eigenvalue weighted by molar-refractivity contribution is 9.10. The van der Waals surface area contributed by atoms with Crippen molar-refractivity contribution in [2.24, 2.45) is 11.8 Å². The lowest BCUT2D eigenvalue weighted by atomic mass is 9.90. The van der Waals surface area contributed by atoms with Gasteiger partial charge in [0.05, 0.1) is 16.4 Å². The molecule has 0 aliphatic carbocycles. The van der Waals surface area contributed by atoms with Gasteiger partial charge in [0, 0.05) is 20.0 Å². The molecule has 1 aromatic heterocycles. The van der Waals surface area contributed by atoms with Gasteiger partial charge in [-0.15, -0.1) is 0 Å². The number of cyclic esters (lactones) is 1. The zero-order valence-electron chi connectivity index (χ0n) is 21.7. The maximum Gasteiger partial charge on any atom is 0.416 e. The Labute approximate surface area is 226 Å². The van der Waals surface area contributed by atoms with Crippen LogP contribution in [0.5, 0.6) is 0 Å². The van der Waals surface area contributed by atoms with E-state index in [-0.39, 0.29) is 25.6 Å². The number of benzene rings is 1. The molecule has 2 aromatic rings. The van der Waals surface area contributed by atoms with Crippen LogP contribution in [0.2, 0.25) is 0 Å². The molecule has 0 unspecified atom stereocenters. The monoisotopic (exact) mass is 577 g/mol. The number of furan rings is 1. The molecule has 9 heteroatoms. The fourth-order valence-electron chi connectivity index (χ4n) is 4.56. The zero-order valence-corrected chi connectivity index (χ0v) is 23.2. The molecule has 3 rings (SSSR count). The van der Waals surface area contributed by atoms with E-state index in [9.17, 15) is 14.4 Å². The second-order valence-corrected chi connectivity index (χ2v) is 10.6. The lowest BCUT2D eigenvalue weighted by Gasteiger charge is -2.30. The Balaban J connectivity index is 1.95. The van der Waals surface area contributed by atoms with Crippen molar-refractivity contribution >= 4 is 33.9 Å². The van der Waals surface area contributed by atoms with Crippen LogP contribution in [-0.4, -0.2) is 47.2 Å². The lowest BCUT2D eigenvalue weighted by Crippen LogP contribution is -2.47. The molecule has 0 saturated carbocycles. The first-order valence-corrected chi connectivity index (χ1v) is 13.6. The molecule has 202 valence electrons. The summed E-state index contributed by atoms with van der Waals surface area (Å²) in [5, 5.41) is 8.98. The van der Waals surface area contributed by atoms with Crippen LogP contribution in [0.3, 0.4) is 0 Å². The molecule has 1 saturated heterocycles. The lowest BCUT2D eigenvalue weighted by molar-refractivity contribution is -0.155. The summed E-state index contributed by atoms with van der Waals surface area (Å²) in [6, 6.07) is 10.7. The number of imide groups is 1. The van der Waals surface area contributed by atoms with Gasteiger partial charge in [0.1, 0.15) is 18.1 Å². The van der Waals surface area contributed by atoms with Crippen LogP contribution < -0.4 is 0 Å². The number of unbranched alkanes of at least 4 members (excludes halogenated alkanes) is 3. The van der Waals surface area contributed by atoms with Gasteiger partial charge in [-0.05, 0) is 52.7 Å². The van der Waals surface area contributed by atoms with Crippen molar-refractivity contribution in [2.45, 2.75) is 71.4 Å². The standard InChI is InChI=1S/C28H36BrNO7/c1-18(2)23-17-35-28(34)30(23)27(33)21(15-20-11-7-6-8-12-20)26(36-19(3)32)25-16-22(29)24(37-25)13-9-4-5-10-14-31/h6-8,11-12,16,18,21,23,26,31H,4-5,9-10,13-15,17H2,1-3H3/t21-,23-,26+/m0/s1. The number of carbonyl (C=O) groups is 3. The minimum atomic E-state index is -1.04. The number of carbonyl (C=O) groups excluding carboxylic acids is 3. The minimum absolute atomic E-state index is 0.00450. The molecule has 2 amide bonds. The number of aliphatic hydroxyl groups excluding tert-OH is 1. The topological polar surface area (TPSA) is 106 Å². The number of aryl methyl sites for hydroxylation is 1. The smallest absolute Gasteiger partial charge is 0.416 e. The molecule has 1 N–H and O–H groups in total. The van der Waals surface area contributed by atoms with Gasteiger partial charge in [-0.3, -0.25) is 9.59 Å². The number of aliphatic hydroxyl groups is 1. The summed E-state index contributed by atoms with van der Waals surface area (Å²) in [6.45, 7) is 5.46. The minimum Gasteiger partial charge on any atom is -0.461 e. The molecule has 37 heavy (non-hydrogen) atoms. The Bertz CT molecular complexity index is 1050. The molecule has 3 atom stereocenters. The molecule has 1 aliphatic heterocycles. The number of nitrogens with zero attached hydrogens (tertiary/aromatic N) is 1. The maximum absolute atomic E-state index is 14.0. The average Bonchev–Trinajstić information content (AvgIpc) is 3.43. The van der Waals surface area contributed by atoms with Crippen LogP contribution >= 0.6 is 15.9 Å². The summed E-state index contributed by atoms with van der Waals surface area (Å²) in [4.78, 5) is 40.0. The van der Waals surface area contributed by atoms with Crippen molar-refractivity contribution in [3.63, 3.8) is 0 Å². The number of esters is 1. The summed E-state index contributed by atoms with van der Waals surface area (Å²) in [7, 11) is 0. The van der Waals surface area contributed by atoms with Crippen LogP contribution in [0.4, 0.5) is 4.79 Å².